The third-order valence-electron chi connectivity index (χ3n) is 4.35. The van der Waals surface area contributed by atoms with Gasteiger partial charge in [0.15, 0.2) is 0 Å². The number of carboxylic acid groups (broad SMARTS) is 1. The highest BCUT2D eigenvalue weighted by molar-refractivity contribution is 7.19. The van der Waals surface area contributed by atoms with Crippen molar-refractivity contribution < 1.29 is 9.90 Å². The van der Waals surface area contributed by atoms with Crippen LogP contribution in [-0.2, 0) is 6.54 Å². The molecule has 0 saturated carbocycles. The Hall–Kier alpha value is -3.69. The molecule has 0 radical (unpaired) electrons. The van der Waals surface area contributed by atoms with Gasteiger partial charge in [-0.3, -0.25) is 4.98 Å². The number of nitrogens with zero attached hydrogens (tertiary/aromatic N) is 2. The molecule has 2 aromatic carbocycles. The van der Waals surface area contributed by atoms with E-state index in [0.717, 1.165) is 5.69 Å². The molecule has 0 fully saturated rings. The third kappa shape index (κ3) is 3.56. The van der Waals surface area contributed by atoms with E-state index < -0.39 is 5.97 Å². The lowest BCUT2D eigenvalue weighted by Gasteiger charge is -2.09. The molecule has 2 N–H and O–H groups in total. The summed E-state index contributed by atoms with van der Waals surface area (Å²) >= 11 is 1.73. The Morgan fingerprint density at radius 3 is 2.79 bits per heavy atom. The maximum atomic E-state index is 11.2. The molecule has 0 spiro atoms. The van der Waals surface area contributed by atoms with Crippen LogP contribution in [0.15, 0.2) is 66.9 Å². The molecule has 2 aromatic heterocycles. The van der Waals surface area contributed by atoms with Crippen molar-refractivity contribution in [1.82, 2.24) is 4.98 Å². The SMILES string of the molecule is [C-]#[N+]c1cc(-c2cc(C(=O)O)ccn2)ccc1NCc1cc2ccccc2s1. The van der Waals surface area contributed by atoms with Gasteiger partial charge in [0.2, 0.25) is 5.69 Å². The Morgan fingerprint density at radius 1 is 1.14 bits per heavy atom. The van der Waals surface area contributed by atoms with E-state index in [4.69, 9.17) is 11.7 Å². The lowest BCUT2D eigenvalue weighted by molar-refractivity contribution is 0.0697. The van der Waals surface area contributed by atoms with Crippen molar-refractivity contribution in [1.29, 1.82) is 0 Å². The van der Waals surface area contributed by atoms with E-state index in [1.807, 2.05) is 24.3 Å². The van der Waals surface area contributed by atoms with Crippen molar-refractivity contribution in [2.45, 2.75) is 6.54 Å². The second-order valence-electron chi connectivity index (χ2n) is 6.18. The Morgan fingerprint density at radius 2 is 2.00 bits per heavy atom. The molecule has 136 valence electrons. The third-order valence-corrected chi connectivity index (χ3v) is 5.47. The van der Waals surface area contributed by atoms with Crippen molar-refractivity contribution >= 4 is 38.8 Å². The van der Waals surface area contributed by atoms with Gasteiger partial charge in [-0.05, 0) is 47.3 Å². The number of carbonyl (C=O) groups is 1. The molecule has 0 atom stereocenters. The fourth-order valence-corrected chi connectivity index (χ4v) is 3.96. The van der Waals surface area contributed by atoms with E-state index in [0.29, 0.717) is 23.5 Å². The van der Waals surface area contributed by atoms with Gasteiger partial charge in [-0.15, -0.1) is 11.3 Å². The fraction of sp³-hybridized carbons (Fsp3) is 0.0455. The minimum atomic E-state index is -1.00. The first-order valence-corrected chi connectivity index (χ1v) is 9.38. The highest BCUT2D eigenvalue weighted by atomic mass is 32.1. The van der Waals surface area contributed by atoms with E-state index in [1.54, 1.807) is 17.4 Å². The van der Waals surface area contributed by atoms with Crippen molar-refractivity contribution in [3.8, 4) is 11.3 Å². The quantitative estimate of drug-likeness (QED) is 0.425. The number of carboxylic acids is 1. The summed E-state index contributed by atoms with van der Waals surface area (Å²) in [6.07, 6.45) is 1.46. The Balaban J connectivity index is 1.58. The average molecular weight is 385 g/mol. The van der Waals surface area contributed by atoms with Gasteiger partial charge in [0, 0.05) is 28.0 Å². The van der Waals surface area contributed by atoms with E-state index >= 15 is 0 Å². The topological polar surface area (TPSA) is 66.6 Å². The summed E-state index contributed by atoms with van der Waals surface area (Å²) in [7, 11) is 0. The summed E-state index contributed by atoms with van der Waals surface area (Å²) in [5.74, 6) is -1.00. The normalized spacial score (nSPS) is 10.5. The summed E-state index contributed by atoms with van der Waals surface area (Å²) in [4.78, 5) is 20.2. The molecule has 0 unspecified atom stereocenters. The summed E-state index contributed by atoms with van der Waals surface area (Å²) in [5, 5.41) is 13.7. The van der Waals surface area contributed by atoms with Crippen molar-refractivity contribution in [2.75, 3.05) is 5.32 Å². The zero-order valence-corrected chi connectivity index (χ0v) is 15.5. The number of aromatic nitrogens is 1. The summed E-state index contributed by atoms with van der Waals surface area (Å²) in [6.45, 7) is 8.13. The maximum Gasteiger partial charge on any atom is 0.335 e. The zero-order chi connectivity index (χ0) is 19.5. The molecule has 0 aliphatic rings. The van der Waals surface area contributed by atoms with Crippen LogP contribution in [0, 0.1) is 6.57 Å². The van der Waals surface area contributed by atoms with Crippen LogP contribution in [0.1, 0.15) is 15.2 Å². The highest BCUT2D eigenvalue weighted by Crippen LogP contribution is 2.32. The minimum Gasteiger partial charge on any atom is -0.478 e. The number of rotatable bonds is 5. The van der Waals surface area contributed by atoms with Crippen LogP contribution in [0.4, 0.5) is 11.4 Å². The van der Waals surface area contributed by atoms with E-state index in [-0.39, 0.29) is 5.56 Å². The van der Waals surface area contributed by atoms with Crippen LogP contribution in [-0.4, -0.2) is 16.1 Å². The van der Waals surface area contributed by atoms with Crippen LogP contribution in [0.3, 0.4) is 0 Å². The van der Waals surface area contributed by atoms with E-state index in [1.165, 1.54) is 33.3 Å². The Labute approximate surface area is 165 Å². The predicted octanol–water partition coefficient (Wildman–Crippen LogP) is 5.82. The second kappa shape index (κ2) is 7.51. The second-order valence-corrected chi connectivity index (χ2v) is 7.35. The van der Waals surface area contributed by atoms with Gasteiger partial charge in [0.25, 0.3) is 0 Å². The minimum absolute atomic E-state index is 0.168. The molecule has 5 nitrogen and oxygen atoms in total. The molecule has 0 aliphatic carbocycles. The first-order chi connectivity index (χ1) is 13.6. The number of pyridine rings is 1. The van der Waals surface area contributed by atoms with Crippen LogP contribution < -0.4 is 5.32 Å². The monoisotopic (exact) mass is 385 g/mol. The number of nitrogens with one attached hydrogen (secondary N) is 1. The van der Waals surface area contributed by atoms with Gasteiger partial charge >= 0.3 is 5.97 Å². The van der Waals surface area contributed by atoms with Gasteiger partial charge in [0.05, 0.1) is 17.8 Å². The molecule has 4 rings (SSSR count). The van der Waals surface area contributed by atoms with Crippen molar-refractivity contribution in [2.24, 2.45) is 0 Å². The first-order valence-electron chi connectivity index (χ1n) is 8.56. The summed E-state index contributed by atoms with van der Waals surface area (Å²) in [6, 6.07) is 18.8. The van der Waals surface area contributed by atoms with Gasteiger partial charge < -0.3 is 10.4 Å². The smallest absolute Gasteiger partial charge is 0.335 e. The Bertz CT molecular complexity index is 1190. The number of anilines is 1. The number of benzene rings is 2. The largest absolute Gasteiger partial charge is 0.478 e. The fourth-order valence-electron chi connectivity index (χ4n) is 2.96. The van der Waals surface area contributed by atoms with Gasteiger partial charge in [-0.2, -0.15) is 0 Å². The zero-order valence-electron chi connectivity index (χ0n) is 14.7. The number of aromatic carboxylic acids is 1. The van der Waals surface area contributed by atoms with Crippen LogP contribution in [0.25, 0.3) is 26.2 Å². The number of hydrogen-bond acceptors (Lipinski definition) is 4. The Kier molecular flexibility index (Phi) is 4.75. The highest BCUT2D eigenvalue weighted by Gasteiger charge is 2.10. The standard InChI is InChI=1S/C22H15N3O2S/c1-23-20-11-14(19-12-16(22(26)27)8-9-24-19)6-7-18(20)25-13-17-10-15-4-2-3-5-21(15)28-17/h2-12,25H,13H2,(H,26,27). The summed E-state index contributed by atoms with van der Waals surface area (Å²) < 4.78 is 1.24. The maximum absolute atomic E-state index is 11.2. The van der Waals surface area contributed by atoms with Crippen molar-refractivity contribution in [3.05, 3.63) is 88.7 Å². The number of fused-ring (bicyclic) bond motifs is 1. The molecule has 0 amide bonds. The molecule has 0 bridgehead atoms. The molecule has 28 heavy (non-hydrogen) atoms. The summed E-state index contributed by atoms with van der Waals surface area (Å²) in [5.41, 5.74) is 2.62. The lowest BCUT2D eigenvalue weighted by atomic mass is 10.1. The molecule has 0 saturated heterocycles. The van der Waals surface area contributed by atoms with Gasteiger partial charge in [-0.1, -0.05) is 24.3 Å². The van der Waals surface area contributed by atoms with Crippen LogP contribution in [0.2, 0.25) is 0 Å². The molecular formula is C22H15N3O2S. The molecular weight excluding hydrogens is 370 g/mol. The first kappa shape index (κ1) is 17.7. The van der Waals surface area contributed by atoms with Crippen LogP contribution in [0.5, 0.6) is 0 Å². The van der Waals surface area contributed by atoms with Gasteiger partial charge in [0.1, 0.15) is 0 Å². The van der Waals surface area contributed by atoms with Gasteiger partial charge in [-0.25, -0.2) is 9.64 Å². The van der Waals surface area contributed by atoms with Crippen LogP contribution >= 0.6 is 11.3 Å². The van der Waals surface area contributed by atoms with E-state index in [2.05, 4.69) is 33.3 Å². The molecule has 4 aromatic rings. The lowest BCUT2D eigenvalue weighted by Crippen LogP contribution is -1.99. The predicted molar refractivity (Wildman–Crippen MR) is 112 cm³/mol. The number of hydrogen-bond donors (Lipinski definition) is 2. The molecule has 2 heterocycles. The van der Waals surface area contributed by atoms with E-state index in [9.17, 15) is 4.79 Å². The average Bonchev–Trinajstić information content (AvgIpc) is 3.15. The number of thiophene rings is 1. The van der Waals surface area contributed by atoms with Crippen molar-refractivity contribution in [3.63, 3.8) is 0 Å². The molecule has 0 aliphatic heterocycles. The molecule has 6 heteroatoms.